The van der Waals surface area contributed by atoms with E-state index in [1.54, 1.807) is 4.31 Å². The average molecular weight is 266 g/mol. The lowest BCUT2D eigenvalue weighted by molar-refractivity contribution is 0.367. The second kappa shape index (κ2) is 6.23. The molecule has 0 bridgehead atoms. The maximum Gasteiger partial charge on any atom is 0.215 e. The Morgan fingerprint density at radius 3 is 2.75 bits per heavy atom. The first-order chi connectivity index (χ1) is 7.43. The maximum atomic E-state index is 12.1. The van der Waals surface area contributed by atoms with Gasteiger partial charge in [-0.3, -0.25) is 0 Å². The lowest BCUT2D eigenvalue weighted by Crippen LogP contribution is -2.46. The average Bonchev–Trinajstić information content (AvgIpc) is 2.17. The molecule has 0 spiro atoms. The van der Waals surface area contributed by atoms with Crippen molar-refractivity contribution in [3.63, 3.8) is 0 Å². The van der Waals surface area contributed by atoms with Gasteiger partial charge in [-0.15, -0.1) is 0 Å². The van der Waals surface area contributed by atoms with Crippen LogP contribution in [-0.2, 0) is 10.0 Å². The van der Waals surface area contributed by atoms with Crippen LogP contribution in [0.1, 0.15) is 20.8 Å². The number of nitrogens with one attached hydrogen (secondary N) is 1. The largest absolute Gasteiger partial charge is 0.313 e. The van der Waals surface area contributed by atoms with E-state index in [4.69, 9.17) is 0 Å². The minimum Gasteiger partial charge on any atom is -0.313 e. The Kier molecular flexibility index (Phi) is 5.56. The highest BCUT2D eigenvalue weighted by Gasteiger charge is 2.29. The van der Waals surface area contributed by atoms with Crippen LogP contribution in [0.25, 0.3) is 0 Å². The van der Waals surface area contributed by atoms with Gasteiger partial charge in [-0.05, 0) is 6.92 Å². The van der Waals surface area contributed by atoms with E-state index in [2.05, 4.69) is 5.32 Å². The van der Waals surface area contributed by atoms with Crippen molar-refractivity contribution in [1.82, 2.24) is 9.62 Å². The molecular weight excluding hydrogens is 244 g/mol. The molecule has 0 aromatic carbocycles. The van der Waals surface area contributed by atoms with Gasteiger partial charge in [-0.2, -0.15) is 16.1 Å². The van der Waals surface area contributed by atoms with Crippen molar-refractivity contribution in [1.29, 1.82) is 0 Å². The second-order valence-electron chi connectivity index (χ2n) is 4.46. The second-order valence-corrected chi connectivity index (χ2v) is 7.65. The van der Waals surface area contributed by atoms with Gasteiger partial charge < -0.3 is 5.32 Å². The molecule has 1 heterocycles. The molecule has 1 aliphatic heterocycles. The van der Waals surface area contributed by atoms with Gasteiger partial charge in [0.25, 0.3) is 0 Å². The summed E-state index contributed by atoms with van der Waals surface area (Å²) in [6.45, 7) is 7.23. The highest BCUT2D eigenvalue weighted by Crippen LogP contribution is 2.19. The molecule has 6 heteroatoms. The molecule has 1 N–H and O–H groups in total. The summed E-state index contributed by atoms with van der Waals surface area (Å²) in [4.78, 5) is 0. The van der Waals surface area contributed by atoms with E-state index in [0.717, 1.165) is 11.5 Å². The lowest BCUT2D eigenvalue weighted by Gasteiger charge is -2.32. The van der Waals surface area contributed by atoms with Crippen LogP contribution in [0.4, 0.5) is 0 Å². The molecule has 1 saturated heterocycles. The molecule has 0 radical (unpaired) electrons. The summed E-state index contributed by atoms with van der Waals surface area (Å²) < 4.78 is 25.8. The number of hydrogen-bond acceptors (Lipinski definition) is 4. The topological polar surface area (TPSA) is 49.4 Å². The van der Waals surface area contributed by atoms with Gasteiger partial charge in [0.1, 0.15) is 0 Å². The number of hydrogen-bond donors (Lipinski definition) is 1. The van der Waals surface area contributed by atoms with E-state index in [1.165, 1.54) is 0 Å². The smallest absolute Gasteiger partial charge is 0.215 e. The molecule has 96 valence electrons. The zero-order valence-electron chi connectivity index (χ0n) is 10.3. The third-order valence-electron chi connectivity index (χ3n) is 2.58. The molecule has 0 aliphatic carbocycles. The van der Waals surface area contributed by atoms with E-state index in [9.17, 15) is 8.42 Å². The van der Waals surface area contributed by atoms with E-state index in [0.29, 0.717) is 19.1 Å². The van der Waals surface area contributed by atoms with Gasteiger partial charge in [0.15, 0.2) is 0 Å². The molecule has 1 rings (SSSR count). The molecule has 0 amide bonds. The van der Waals surface area contributed by atoms with Crippen LogP contribution in [0.2, 0.25) is 0 Å². The third-order valence-corrected chi connectivity index (χ3v) is 5.74. The van der Waals surface area contributed by atoms with Gasteiger partial charge in [0.05, 0.1) is 5.75 Å². The number of sulfonamides is 1. The lowest BCUT2D eigenvalue weighted by atomic mass is 10.4. The van der Waals surface area contributed by atoms with Gasteiger partial charge >= 0.3 is 0 Å². The predicted molar refractivity (Wildman–Crippen MR) is 70.4 cm³/mol. The fourth-order valence-corrected chi connectivity index (χ4v) is 4.55. The van der Waals surface area contributed by atoms with Gasteiger partial charge in [0, 0.05) is 36.7 Å². The molecule has 16 heavy (non-hydrogen) atoms. The van der Waals surface area contributed by atoms with Crippen LogP contribution in [0, 0.1) is 0 Å². The molecule has 1 unspecified atom stereocenters. The Labute approximate surface area is 103 Å². The zero-order chi connectivity index (χ0) is 12.2. The van der Waals surface area contributed by atoms with Crippen LogP contribution in [-0.4, -0.2) is 55.2 Å². The standard InChI is InChI=1S/C10H22N2O2S2/c1-9(2)11-4-7-16(13,14)12-5-6-15-8-10(12)3/h9-11H,4-8H2,1-3H3. The quantitative estimate of drug-likeness (QED) is 0.798. The molecule has 1 atom stereocenters. The van der Waals surface area contributed by atoms with Crippen molar-refractivity contribution in [3.8, 4) is 0 Å². The van der Waals surface area contributed by atoms with Crippen molar-refractivity contribution >= 4 is 21.8 Å². The summed E-state index contributed by atoms with van der Waals surface area (Å²) >= 11 is 1.83. The summed E-state index contributed by atoms with van der Waals surface area (Å²) in [6, 6.07) is 0.479. The third kappa shape index (κ3) is 4.24. The first-order valence-electron chi connectivity index (χ1n) is 5.74. The predicted octanol–water partition coefficient (Wildman–Crippen LogP) is 0.751. The van der Waals surface area contributed by atoms with Gasteiger partial charge in [-0.1, -0.05) is 13.8 Å². The number of rotatable bonds is 5. The SMILES string of the molecule is CC(C)NCCS(=O)(=O)N1CCSCC1C. The van der Waals surface area contributed by atoms with Crippen LogP contribution in [0.3, 0.4) is 0 Å². The van der Waals surface area contributed by atoms with Crippen molar-refractivity contribution < 1.29 is 8.42 Å². The summed E-state index contributed by atoms with van der Waals surface area (Å²) in [5.74, 6) is 2.04. The number of nitrogens with zero attached hydrogens (tertiary/aromatic N) is 1. The maximum absolute atomic E-state index is 12.1. The Hall–Kier alpha value is 0.220. The van der Waals surface area contributed by atoms with E-state index in [-0.39, 0.29) is 11.8 Å². The molecule has 1 aliphatic rings. The first-order valence-corrected chi connectivity index (χ1v) is 8.50. The Morgan fingerprint density at radius 2 is 2.19 bits per heavy atom. The fraction of sp³-hybridized carbons (Fsp3) is 1.00. The molecule has 1 fully saturated rings. The molecule has 4 nitrogen and oxygen atoms in total. The normalized spacial score (nSPS) is 23.9. The van der Waals surface area contributed by atoms with Crippen molar-refractivity contribution in [3.05, 3.63) is 0 Å². The summed E-state index contributed by atoms with van der Waals surface area (Å²) in [7, 11) is -3.07. The molecule has 0 saturated carbocycles. The monoisotopic (exact) mass is 266 g/mol. The zero-order valence-corrected chi connectivity index (χ0v) is 11.9. The van der Waals surface area contributed by atoms with Crippen LogP contribution < -0.4 is 5.32 Å². The molecule has 0 aromatic heterocycles. The highest BCUT2D eigenvalue weighted by atomic mass is 32.2. The van der Waals surface area contributed by atoms with Crippen LogP contribution in [0.15, 0.2) is 0 Å². The Bertz CT molecular complexity index is 304. The minimum absolute atomic E-state index is 0.141. The minimum atomic E-state index is -3.07. The van der Waals surface area contributed by atoms with E-state index >= 15 is 0 Å². The van der Waals surface area contributed by atoms with Gasteiger partial charge in [-0.25, -0.2) is 8.42 Å². The van der Waals surface area contributed by atoms with E-state index in [1.807, 2.05) is 32.5 Å². The summed E-state index contributed by atoms with van der Waals surface area (Å²) in [5.41, 5.74) is 0. The highest BCUT2D eigenvalue weighted by molar-refractivity contribution is 7.99. The van der Waals surface area contributed by atoms with Gasteiger partial charge in [0.2, 0.25) is 10.0 Å². The summed E-state index contributed by atoms with van der Waals surface area (Å²) in [6.07, 6.45) is 0. The molecule has 0 aromatic rings. The Balaban J connectivity index is 2.48. The van der Waals surface area contributed by atoms with Crippen LogP contribution >= 0.6 is 11.8 Å². The number of thioether (sulfide) groups is 1. The van der Waals surface area contributed by atoms with Crippen LogP contribution in [0.5, 0.6) is 0 Å². The first kappa shape index (κ1) is 14.3. The Morgan fingerprint density at radius 1 is 1.50 bits per heavy atom. The summed E-state index contributed by atoms with van der Waals surface area (Å²) in [5, 5.41) is 3.14. The molecular formula is C10H22N2O2S2. The van der Waals surface area contributed by atoms with Crippen molar-refractivity contribution in [2.24, 2.45) is 0 Å². The van der Waals surface area contributed by atoms with Crippen molar-refractivity contribution in [2.45, 2.75) is 32.9 Å². The van der Waals surface area contributed by atoms with E-state index < -0.39 is 10.0 Å². The van der Waals surface area contributed by atoms with Crippen molar-refractivity contribution in [2.75, 3.05) is 30.3 Å². The fourth-order valence-electron chi connectivity index (χ4n) is 1.72.